The van der Waals surface area contributed by atoms with Gasteiger partial charge in [0.1, 0.15) is 17.1 Å². The zero-order valence-corrected chi connectivity index (χ0v) is 12.4. The summed E-state index contributed by atoms with van der Waals surface area (Å²) in [4.78, 5) is 12.3. The van der Waals surface area contributed by atoms with E-state index in [9.17, 15) is 4.79 Å². The summed E-state index contributed by atoms with van der Waals surface area (Å²) in [6.45, 7) is 2.45. The lowest BCUT2D eigenvalue weighted by Gasteiger charge is -2.15. The van der Waals surface area contributed by atoms with Crippen LogP contribution in [0.1, 0.15) is 24.9 Å². The Morgan fingerprint density at radius 2 is 2.24 bits per heavy atom. The van der Waals surface area contributed by atoms with Crippen molar-refractivity contribution in [3.63, 3.8) is 0 Å². The molecule has 3 aromatic rings. The van der Waals surface area contributed by atoms with Crippen LogP contribution in [-0.2, 0) is 11.3 Å². The molecule has 0 bridgehead atoms. The van der Waals surface area contributed by atoms with E-state index in [1.807, 2.05) is 31.2 Å². The predicted molar refractivity (Wildman–Crippen MR) is 80.8 cm³/mol. The van der Waals surface area contributed by atoms with Gasteiger partial charge in [-0.25, -0.2) is 0 Å². The van der Waals surface area contributed by atoms with Crippen LogP contribution in [0.25, 0.3) is 11.0 Å². The SMILES string of the molecule is CCC(C(=O)NCc1ccc2nsnc2c1)n1cccn1. The Morgan fingerprint density at radius 3 is 3.00 bits per heavy atom. The van der Waals surface area contributed by atoms with E-state index >= 15 is 0 Å². The third-order valence-corrected chi connectivity index (χ3v) is 3.88. The monoisotopic (exact) mass is 301 g/mol. The van der Waals surface area contributed by atoms with Crippen LogP contribution in [0.3, 0.4) is 0 Å². The summed E-state index contributed by atoms with van der Waals surface area (Å²) in [6.07, 6.45) is 4.18. The molecule has 1 N–H and O–H groups in total. The van der Waals surface area contributed by atoms with Crippen molar-refractivity contribution < 1.29 is 4.79 Å². The molecule has 0 aliphatic heterocycles. The average molecular weight is 301 g/mol. The summed E-state index contributed by atoms with van der Waals surface area (Å²) in [7, 11) is 0. The minimum atomic E-state index is -0.273. The number of rotatable bonds is 5. The van der Waals surface area contributed by atoms with Crippen LogP contribution in [0.15, 0.2) is 36.7 Å². The second-order valence-electron chi connectivity index (χ2n) is 4.72. The first-order valence-electron chi connectivity index (χ1n) is 6.76. The standard InChI is InChI=1S/C14H15N5OS/c1-2-13(19-7-3-6-16-19)14(20)15-9-10-4-5-11-12(8-10)18-21-17-11/h3-8,13H,2,9H2,1H3,(H,15,20). The molecule has 6 nitrogen and oxygen atoms in total. The molecule has 3 rings (SSSR count). The Labute approximate surface area is 126 Å². The van der Waals surface area contributed by atoms with Crippen LogP contribution in [-0.4, -0.2) is 24.4 Å². The van der Waals surface area contributed by atoms with Crippen LogP contribution in [0.2, 0.25) is 0 Å². The highest BCUT2D eigenvalue weighted by Crippen LogP contribution is 2.14. The van der Waals surface area contributed by atoms with Crippen molar-refractivity contribution >= 4 is 28.7 Å². The van der Waals surface area contributed by atoms with Crippen molar-refractivity contribution in [2.24, 2.45) is 0 Å². The van der Waals surface area contributed by atoms with E-state index in [1.54, 1.807) is 17.1 Å². The second kappa shape index (κ2) is 6.01. The van der Waals surface area contributed by atoms with E-state index in [0.717, 1.165) is 16.6 Å². The fourth-order valence-electron chi connectivity index (χ4n) is 2.20. The molecule has 2 aromatic heterocycles. The zero-order valence-electron chi connectivity index (χ0n) is 11.6. The first-order chi connectivity index (χ1) is 10.3. The summed E-state index contributed by atoms with van der Waals surface area (Å²) >= 11 is 1.19. The van der Waals surface area contributed by atoms with Gasteiger partial charge in [0.25, 0.3) is 0 Å². The van der Waals surface area contributed by atoms with Gasteiger partial charge in [-0.2, -0.15) is 13.8 Å². The van der Waals surface area contributed by atoms with Gasteiger partial charge in [0.05, 0.1) is 11.7 Å². The van der Waals surface area contributed by atoms with Gasteiger partial charge >= 0.3 is 0 Å². The number of hydrogen-bond donors (Lipinski definition) is 1. The summed E-state index contributed by atoms with van der Waals surface area (Å²) in [5.74, 6) is -0.0299. The normalized spacial score (nSPS) is 12.4. The molecular formula is C14H15N5OS. The topological polar surface area (TPSA) is 72.7 Å². The first kappa shape index (κ1) is 13.7. The van der Waals surface area contributed by atoms with E-state index in [-0.39, 0.29) is 11.9 Å². The highest BCUT2D eigenvalue weighted by molar-refractivity contribution is 7.00. The molecule has 21 heavy (non-hydrogen) atoms. The molecule has 0 saturated carbocycles. The van der Waals surface area contributed by atoms with E-state index < -0.39 is 0 Å². The molecule has 1 amide bonds. The number of fused-ring (bicyclic) bond motifs is 1. The summed E-state index contributed by atoms with van der Waals surface area (Å²) in [5, 5.41) is 7.09. The molecule has 2 heterocycles. The van der Waals surface area contributed by atoms with Gasteiger partial charge in [0, 0.05) is 18.9 Å². The molecule has 1 unspecified atom stereocenters. The average Bonchev–Trinajstić information content (AvgIpc) is 3.16. The Hall–Kier alpha value is -2.28. The van der Waals surface area contributed by atoms with Crippen LogP contribution in [0, 0.1) is 0 Å². The van der Waals surface area contributed by atoms with Crippen molar-refractivity contribution in [3.05, 3.63) is 42.2 Å². The number of amides is 1. The van der Waals surface area contributed by atoms with Gasteiger partial charge in [-0.3, -0.25) is 9.48 Å². The van der Waals surface area contributed by atoms with Crippen LogP contribution >= 0.6 is 11.7 Å². The van der Waals surface area contributed by atoms with E-state index in [1.165, 1.54) is 11.7 Å². The molecule has 108 valence electrons. The Balaban J connectivity index is 1.67. The van der Waals surface area contributed by atoms with E-state index in [2.05, 4.69) is 19.2 Å². The fraction of sp³-hybridized carbons (Fsp3) is 0.286. The quantitative estimate of drug-likeness (QED) is 0.783. The number of carbonyl (C=O) groups excluding carboxylic acids is 1. The number of benzene rings is 1. The van der Waals surface area contributed by atoms with Gasteiger partial charge in [-0.15, -0.1) is 0 Å². The minimum Gasteiger partial charge on any atom is -0.350 e. The fourth-order valence-corrected chi connectivity index (χ4v) is 2.72. The summed E-state index contributed by atoms with van der Waals surface area (Å²) in [6, 6.07) is 7.38. The maximum absolute atomic E-state index is 12.3. The molecule has 1 atom stereocenters. The number of carbonyl (C=O) groups is 1. The zero-order chi connectivity index (χ0) is 14.7. The molecule has 0 radical (unpaired) electrons. The third-order valence-electron chi connectivity index (χ3n) is 3.32. The van der Waals surface area contributed by atoms with E-state index in [4.69, 9.17) is 0 Å². The first-order valence-corrected chi connectivity index (χ1v) is 7.49. The highest BCUT2D eigenvalue weighted by atomic mass is 32.1. The Bertz CT molecular complexity index is 737. The van der Waals surface area contributed by atoms with Crippen molar-refractivity contribution in [1.29, 1.82) is 0 Å². The van der Waals surface area contributed by atoms with Crippen molar-refractivity contribution in [3.8, 4) is 0 Å². The van der Waals surface area contributed by atoms with Crippen molar-refractivity contribution in [2.75, 3.05) is 0 Å². The van der Waals surface area contributed by atoms with Crippen LogP contribution in [0.4, 0.5) is 0 Å². The van der Waals surface area contributed by atoms with Crippen molar-refractivity contribution in [2.45, 2.75) is 25.9 Å². The highest BCUT2D eigenvalue weighted by Gasteiger charge is 2.18. The number of nitrogens with one attached hydrogen (secondary N) is 1. The molecule has 0 saturated heterocycles. The Morgan fingerprint density at radius 1 is 1.38 bits per heavy atom. The number of aromatic nitrogens is 4. The Kier molecular flexibility index (Phi) is 3.92. The second-order valence-corrected chi connectivity index (χ2v) is 5.24. The lowest BCUT2D eigenvalue weighted by molar-refractivity contribution is -0.124. The number of nitrogens with zero attached hydrogens (tertiary/aromatic N) is 4. The molecule has 0 aliphatic carbocycles. The van der Waals surface area contributed by atoms with E-state index in [0.29, 0.717) is 13.0 Å². The largest absolute Gasteiger partial charge is 0.350 e. The van der Waals surface area contributed by atoms with Gasteiger partial charge in [0.15, 0.2) is 0 Å². The van der Waals surface area contributed by atoms with Crippen molar-refractivity contribution in [1.82, 2.24) is 23.8 Å². The third kappa shape index (κ3) is 2.92. The summed E-state index contributed by atoms with van der Waals surface area (Å²) in [5.41, 5.74) is 2.77. The molecule has 0 aliphatic rings. The van der Waals surface area contributed by atoms with Crippen LogP contribution in [0.5, 0.6) is 0 Å². The van der Waals surface area contributed by atoms with Gasteiger partial charge in [-0.1, -0.05) is 13.0 Å². The lowest BCUT2D eigenvalue weighted by atomic mass is 10.1. The molecule has 1 aromatic carbocycles. The van der Waals surface area contributed by atoms with Gasteiger partial charge in [-0.05, 0) is 30.2 Å². The predicted octanol–water partition coefficient (Wildman–Crippen LogP) is 2.16. The smallest absolute Gasteiger partial charge is 0.245 e. The number of hydrogen-bond acceptors (Lipinski definition) is 5. The molecule has 7 heteroatoms. The van der Waals surface area contributed by atoms with Crippen LogP contribution < -0.4 is 5.32 Å². The molecule has 0 spiro atoms. The maximum Gasteiger partial charge on any atom is 0.245 e. The summed E-state index contributed by atoms with van der Waals surface area (Å²) < 4.78 is 10.0. The maximum atomic E-state index is 12.3. The lowest BCUT2D eigenvalue weighted by Crippen LogP contribution is -2.32. The van der Waals surface area contributed by atoms with Gasteiger partial charge < -0.3 is 5.32 Å². The molecular weight excluding hydrogens is 286 g/mol. The minimum absolute atomic E-state index is 0.0299. The molecule has 0 fully saturated rings. The van der Waals surface area contributed by atoms with Gasteiger partial charge in [0.2, 0.25) is 5.91 Å².